The molecule has 122 valence electrons. The molecule has 0 aliphatic carbocycles. The fourth-order valence-electron chi connectivity index (χ4n) is 2.10. The first-order valence-corrected chi connectivity index (χ1v) is 9.03. The maximum atomic E-state index is 11.6. The van der Waals surface area contributed by atoms with Crippen molar-refractivity contribution in [3.63, 3.8) is 0 Å². The van der Waals surface area contributed by atoms with Crippen molar-refractivity contribution in [3.8, 4) is 0 Å². The molecule has 6 heteroatoms. The Morgan fingerprint density at radius 2 is 1.83 bits per heavy atom. The Balaban J connectivity index is 1.96. The normalized spacial score (nSPS) is 11.3. The van der Waals surface area contributed by atoms with E-state index in [9.17, 15) is 4.79 Å². The van der Waals surface area contributed by atoms with Gasteiger partial charge in [-0.1, -0.05) is 0 Å². The summed E-state index contributed by atoms with van der Waals surface area (Å²) in [6, 6.07) is 17.1. The van der Waals surface area contributed by atoms with E-state index in [1.54, 1.807) is 12.1 Å². The molecule has 1 N–H and O–H groups in total. The minimum atomic E-state index is -0.503. The van der Waals surface area contributed by atoms with E-state index in [2.05, 4.69) is 23.5 Å². The number of furan rings is 1. The van der Waals surface area contributed by atoms with Crippen molar-refractivity contribution in [2.45, 2.75) is 6.92 Å². The molecule has 0 radical (unpaired) electrons. The Kier molecular flexibility index (Phi) is 4.99. The number of carbonyl (C=O) groups excluding carboxylic acids is 1. The van der Waals surface area contributed by atoms with E-state index < -0.39 is 5.97 Å². The molecule has 3 rings (SSSR count). The van der Waals surface area contributed by atoms with Crippen LogP contribution in [-0.4, -0.2) is 33.3 Å². The number of anilines is 1. The van der Waals surface area contributed by atoms with Crippen LogP contribution in [0.1, 0.15) is 25.2 Å². The Hall–Kier alpha value is -2.56. The molecule has 0 saturated carbocycles. The molecule has 0 spiro atoms. The van der Waals surface area contributed by atoms with Crippen molar-refractivity contribution >= 4 is 31.9 Å². The molecule has 0 bridgehead atoms. The number of rotatable bonds is 5. The van der Waals surface area contributed by atoms with Crippen LogP contribution in [0.3, 0.4) is 0 Å². The van der Waals surface area contributed by atoms with Crippen LogP contribution in [-0.2, 0) is 4.74 Å². The van der Waals surface area contributed by atoms with E-state index in [1.165, 1.54) is 11.5 Å². The average Bonchev–Trinajstić information content (AvgIpc) is 3.25. The first kappa shape index (κ1) is 16.3. The molecule has 0 unspecified atom stereocenters. The molecule has 0 aliphatic heterocycles. The molecule has 0 atom stereocenters. The van der Waals surface area contributed by atoms with Gasteiger partial charge in [0.05, 0.1) is 0 Å². The first-order valence-electron chi connectivity index (χ1n) is 7.31. The zero-order valence-corrected chi connectivity index (χ0v) is 15.0. The van der Waals surface area contributed by atoms with Gasteiger partial charge < -0.3 is 0 Å². The summed E-state index contributed by atoms with van der Waals surface area (Å²) in [5.74, 6) is 0.197. The second-order valence-electron chi connectivity index (χ2n) is 5.00. The van der Waals surface area contributed by atoms with Gasteiger partial charge in [0.1, 0.15) is 0 Å². The number of ether oxygens (including phenoxy) is 1. The molecule has 24 heavy (non-hydrogen) atoms. The number of methoxy groups -OCH3 is 1. The number of hydrogen-bond donors (Lipinski definition) is 1. The average molecular weight is 387 g/mol. The van der Waals surface area contributed by atoms with Crippen LogP contribution in [0.5, 0.6) is 0 Å². The molecule has 2 aromatic heterocycles. The Morgan fingerprint density at radius 1 is 1.08 bits per heavy atom. The molecule has 2 heterocycles. The first-order chi connectivity index (χ1) is 11.7. The maximum absolute atomic E-state index is 11.6. The van der Waals surface area contributed by atoms with Gasteiger partial charge in [0.15, 0.2) is 0 Å². The van der Waals surface area contributed by atoms with Gasteiger partial charge in [0.25, 0.3) is 0 Å². The number of hydrazone groups is 1. The predicted molar refractivity (Wildman–Crippen MR) is 93.9 cm³/mol. The zero-order chi connectivity index (χ0) is 16.9. The quantitative estimate of drug-likeness (QED) is 0.316. The molecule has 0 amide bonds. The molecule has 0 saturated heterocycles. The van der Waals surface area contributed by atoms with Crippen LogP contribution < -0.4 is 5.43 Å². The van der Waals surface area contributed by atoms with E-state index >= 15 is 0 Å². The van der Waals surface area contributed by atoms with Gasteiger partial charge in [0.2, 0.25) is 0 Å². The number of carbonyl (C=O) groups is 1. The van der Waals surface area contributed by atoms with E-state index in [0.717, 1.165) is 10.1 Å². The molecule has 5 nitrogen and oxygen atoms in total. The summed E-state index contributed by atoms with van der Waals surface area (Å²) < 4.78 is 12.7. The summed E-state index contributed by atoms with van der Waals surface area (Å²) in [5.41, 5.74) is 4.62. The van der Waals surface area contributed by atoms with Crippen molar-refractivity contribution in [2.24, 2.45) is 5.10 Å². The van der Waals surface area contributed by atoms with E-state index in [-0.39, 0.29) is 20.3 Å². The predicted octanol–water partition coefficient (Wildman–Crippen LogP) is 3.30. The van der Waals surface area contributed by atoms with Crippen LogP contribution in [0.15, 0.2) is 64.1 Å². The Morgan fingerprint density at radius 3 is 2.50 bits per heavy atom. The van der Waals surface area contributed by atoms with Gasteiger partial charge >= 0.3 is 145 Å². The van der Waals surface area contributed by atoms with Crippen LogP contribution in [0.2, 0.25) is 0 Å². The van der Waals surface area contributed by atoms with E-state index in [0.29, 0.717) is 11.5 Å². The van der Waals surface area contributed by atoms with Crippen LogP contribution in [0.25, 0.3) is 0 Å². The summed E-state index contributed by atoms with van der Waals surface area (Å²) in [7, 11) is 1.33. The summed E-state index contributed by atoms with van der Waals surface area (Å²) in [6.45, 7) is 2.09. The second-order valence-corrected chi connectivity index (χ2v) is 7.71. The number of hydrogen-bond acceptors (Lipinski definition) is 5. The van der Waals surface area contributed by atoms with Crippen molar-refractivity contribution in [2.75, 3.05) is 12.5 Å². The number of para-hydroxylation sites is 1. The third-order valence-electron chi connectivity index (χ3n) is 3.27. The summed E-state index contributed by atoms with van der Waals surface area (Å²) >= 11 is 0.190. The summed E-state index contributed by atoms with van der Waals surface area (Å²) in [5, 5.41) is 4.51. The van der Waals surface area contributed by atoms with Gasteiger partial charge in [-0.2, -0.15) is 0 Å². The fourth-order valence-corrected chi connectivity index (χ4v) is 3.91. The second kappa shape index (κ2) is 7.34. The minimum absolute atomic E-state index is 0.163. The molecular weight excluding hydrogens is 371 g/mol. The Labute approximate surface area is 145 Å². The van der Waals surface area contributed by atoms with Gasteiger partial charge in [-0.05, 0) is 0 Å². The van der Waals surface area contributed by atoms with E-state index in [1.807, 2.05) is 36.4 Å². The molecule has 3 aromatic rings. The van der Waals surface area contributed by atoms with Crippen LogP contribution in [0, 0.1) is 6.92 Å². The zero-order valence-electron chi connectivity index (χ0n) is 13.3. The van der Waals surface area contributed by atoms with Crippen LogP contribution >= 0.6 is 0 Å². The summed E-state index contributed by atoms with van der Waals surface area (Å²) in [4.78, 5) is 11.6. The van der Waals surface area contributed by atoms with Gasteiger partial charge in [-0.15, -0.1) is 0 Å². The molecule has 1 aromatic carbocycles. The molecular formula is C18H16N2O3Se. The standard InChI is InChI=1S/C18H16N2O3Se/c1-12-8-11-16(24-12)17(20-19-13-6-4-3-5-7-13)14-9-10-15(23-14)18(21)22-2/h3-11,19H,1-2H3/b20-17+. The van der Waals surface area contributed by atoms with Crippen molar-refractivity contribution in [1.82, 2.24) is 0 Å². The van der Waals surface area contributed by atoms with Crippen molar-refractivity contribution in [3.05, 3.63) is 75.0 Å². The summed E-state index contributed by atoms with van der Waals surface area (Å²) in [6.07, 6.45) is 0. The third kappa shape index (κ3) is 3.67. The number of aryl methyl sites for hydroxylation is 1. The van der Waals surface area contributed by atoms with Crippen LogP contribution in [0.4, 0.5) is 5.69 Å². The van der Waals surface area contributed by atoms with E-state index in [4.69, 9.17) is 9.15 Å². The monoisotopic (exact) mass is 388 g/mol. The number of esters is 1. The van der Waals surface area contributed by atoms with Gasteiger partial charge in [0, 0.05) is 0 Å². The topological polar surface area (TPSA) is 63.8 Å². The third-order valence-corrected chi connectivity index (χ3v) is 5.38. The number of benzene rings is 1. The molecule has 0 aliphatic rings. The fraction of sp³-hybridized carbons (Fsp3) is 0.111. The van der Waals surface area contributed by atoms with Crippen molar-refractivity contribution < 1.29 is 13.9 Å². The van der Waals surface area contributed by atoms with Gasteiger partial charge in [-0.3, -0.25) is 0 Å². The number of nitrogens with zero attached hydrogens (tertiary/aromatic N) is 1. The number of nitrogens with one attached hydrogen (secondary N) is 1. The molecule has 0 fully saturated rings. The van der Waals surface area contributed by atoms with Crippen molar-refractivity contribution in [1.29, 1.82) is 0 Å². The SMILES string of the molecule is COC(=O)c1ccc(/C(=N\Nc2ccccc2)c2ccc(C)[se]2)o1. The van der Waals surface area contributed by atoms with Gasteiger partial charge in [-0.25, -0.2) is 0 Å². The Bertz CT molecular complexity index is 865.